The van der Waals surface area contributed by atoms with Gasteiger partial charge in [0, 0.05) is 27.8 Å². The number of nitrogens with zero attached hydrogens (tertiary/aromatic N) is 4. The molecule has 0 fully saturated rings. The minimum absolute atomic E-state index is 0.0572. The van der Waals surface area contributed by atoms with Crippen molar-refractivity contribution in [3.8, 4) is 0 Å². The van der Waals surface area contributed by atoms with Gasteiger partial charge in [-0.25, -0.2) is 9.78 Å². The van der Waals surface area contributed by atoms with Crippen molar-refractivity contribution in [1.29, 1.82) is 0 Å². The van der Waals surface area contributed by atoms with Gasteiger partial charge in [-0.15, -0.1) is 4.73 Å². The predicted molar refractivity (Wildman–Crippen MR) is 72.9 cm³/mol. The summed E-state index contributed by atoms with van der Waals surface area (Å²) in [5.41, 5.74) is -1.68. The Morgan fingerprint density at radius 1 is 1.33 bits per heavy atom. The van der Waals surface area contributed by atoms with Crippen LogP contribution in [0.25, 0.3) is 11.2 Å². The van der Waals surface area contributed by atoms with E-state index in [2.05, 4.69) is 4.98 Å². The zero-order valence-corrected chi connectivity index (χ0v) is 12.6. The maximum atomic E-state index is 12.3. The van der Waals surface area contributed by atoms with E-state index in [0.29, 0.717) is 0 Å². The molecule has 2 heterocycles. The Hall–Kier alpha value is -1.90. The van der Waals surface area contributed by atoms with Crippen LogP contribution < -0.4 is 11.2 Å². The van der Waals surface area contributed by atoms with Crippen molar-refractivity contribution < 1.29 is 18.8 Å². The lowest BCUT2D eigenvalue weighted by Crippen LogP contribution is -2.40. The second kappa shape index (κ2) is 5.47. The van der Waals surface area contributed by atoms with Gasteiger partial charge in [-0.3, -0.25) is 13.9 Å². The molecule has 2 rings (SSSR count). The number of imidazole rings is 1. The van der Waals surface area contributed by atoms with Crippen LogP contribution in [0.4, 0.5) is 0 Å². The smallest absolute Gasteiger partial charge is 0.365 e. The second-order valence-corrected chi connectivity index (χ2v) is 6.68. The van der Waals surface area contributed by atoms with Crippen LogP contribution in [0.3, 0.4) is 0 Å². The Balaban J connectivity index is 2.55. The average molecular weight is 318 g/mol. The van der Waals surface area contributed by atoms with Crippen LogP contribution in [0.5, 0.6) is 0 Å². The van der Waals surface area contributed by atoms with Gasteiger partial charge in [0.25, 0.3) is 5.56 Å². The van der Waals surface area contributed by atoms with E-state index in [0.717, 1.165) is 4.57 Å². The maximum Gasteiger partial charge on any atom is 0.365 e. The summed E-state index contributed by atoms with van der Waals surface area (Å²) in [5, 5.41) is 9.76. The molecule has 116 valence electrons. The normalized spacial score (nSPS) is 12.1. The third-order valence-electron chi connectivity index (χ3n) is 3.13. The van der Waals surface area contributed by atoms with Gasteiger partial charge in [0.1, 0.15) is 0 Å². The molecule has 11 heteroatoms. The first-order valence-corrected chi connectivity index (χ1v) is 7.64. The van der Waals surface area contributed by atoms with Crippen molar-refractivity contribution in [2.45, 2.75) is 6.54 Å². The minimum Gasteiger partial charge on any atom is -0.422 e. The van der Waals surface area contributed by atoms with Crippen LogP contribution in [0, 0.1) is 0 Å². The van der Waals surface area contributed by atoms with E-state index in [1.807, 2.05) is 0 Å². The van der Waals surface area contributed by atoms with Crippen molar-refractivity contribution in [3.05, 3.63) is 27.2 Å². The number of hydrogen-bond donors (Lipinski definition) is 1. The van der Waals surface area contributed by atoms with Gasteiger partial charge < -0.3 is 18.8 Å². The number of aryl methyl sites for hydroxylation is 1. The quantitative estimate of drug-likeness (QED) is 0.589. The number of hydrogen-bond acceptors (Lipinski definition) is 7. The van der Waals surface area contributed by atoms with Crippen LogP contribution in [-0.2, 0) is 27.2 Å². The van der Waals surface area contributed by atoms with Gasteiger partial charge >= 0.3 is 13.3 Å². The molecule has 0 unspecified atom stereocenters. The van der Waals surface area contributed by atoms with Crippen molar-refractivity contribution in [2.75, 3.05) is 20.4 Å². The lowest BCUT2D eigenvalue weighted by atomic mass is 10.5. The van der Waals surface area contributed by atoms with E-state index in [1.54, 1.807) is 7.05 Å². The summed E-state index contributed by atoms with van der Waals surface area (Å²) in [6.45, 7) is -0.224. The van der Waals surface area contributed by atoms with E-state index < -0.39 is 18.8 Å². The molecule has 10 nitrogen and oxygen atoms in total. The number of rotatable bonds is 5. The zero-order chi connectivity index (χ0) is 15.8. The van der Waals surface area contributed by atoms with Gasteiger partial charge in [0.15, 0.2) is 5.52 Å². The highest BCUT2D eigenvalue weighted by Gasteiger charge is 2.23. The molecule has 2 aromatic rings. The monoisotopic (exact) mass is 318 g/mol. The lowest BCUT2D eigenvalue weighted by Gasteiger charge is -2.14. The first kappa shape index (κ1) is 15.5. The highest BCUT2D eigenvalue weighted by Crippen LogP contribution is 2.45. The molecule has 0 saturated carbocycles. The van der Waals surface area contributed by atoms with Gasteiger partial charge in [0.05, 0.1) is 12.5 Å². The summed E-state index contributed by atoms with van der Waals surface area (Å²) in [5.74, 6) is 0. The molecule has 0 aromatic carbocycles. The molecule has 21 heavy (non-hydrogen) atoms. The van der Waals surface area contributed by atoms with E-state index in [9.17, 15) is 19.4 Å². The predicted octanol–water partition coefficient (Wildman–Crippen LogP) is -0.380. The molecule has 0 spiro atoms. The Kier molecular flexibility index (Phi) is 4.04. The first-order valence-electron chi connectivity index (χ1n) is 5.91. The van der Waals surface area contributed by atoms with Crippen molar-refractivity contribution in [3.63, 3.8) is 0 Å². The van der Waals surface area contributed by atoms with Gasteiger partial charge in [-0.2, -0.15) is 0 Å². The fourth-order valence-corrected chi connectivity index (χ4v) is 2.87. The van der Waals surface area contributed by atoms with E-state index >= 15 is 0 Å². The molecule has 0 atom stereocenters. The zero-order valence-electron chi connectivity index (χ0n) is 11.7. The highest BCUT2D eigenvalue weighted by atomic mass is 31.2. The summed E-state index contributed by atoms with van der Waals surface area (Å²) in [4.78, 5) is 28.0. The summed E-state index contributed by atoms with van der Waals surface area (Å²) in [6, 6.07) is 0. The van der Waals surface area contributed by atoms with Gasteiger partial charge in [-0.05, 0) is 0 Å². The SMILES string of the molecule is COP(=O)(CCn1c(=O)c2c(ncn2C)n(O)c1=O)OC. The molecule has 2 aromatic heterocycles. The standard InChI is InChI=1S/C10H15N4O6P/c1-12-6-11-8-7(12)9(15)13(10(16)14(8)17)4-5-21(18,19-2)20-3/h6,17H,4-5H2,1-3H3. The van der Waals surface area contributed by atoms with Crippen LogP contribution in [0.15, 0.2) is 15.9 Å². The Labute approximate surface area is 118 Å². The summed E-state index contributed by atoms with van der Waals surface area (Å²) in [6.07, 6.45) is 1.12. The third kappa shape index (κ3) is 2.53. The Morgan fingerprint density at radius 3 is 2.52 bits per heavy atom. The molecular weight excluding hydrogens is 303 g/mol. The summed E-state index contributed by atoms with van der Waals surface area (Å²) in [7, 11) is 0.605. The molecule has 0 amide bonds. The second-order valence-electron chi connectivity index (χ2n) is 4.28. The van der Waals surface area contributed by atoms with Crippen molar-refractivity contribution in [1.82, 2.24) is 18.8 Å². The topological polar surface area (TPSA) is 118 Å². The molecule has 0 radical (unpaired) electrons. The van der Waals surface area contributed by atoms with Gasteiger partial charge in [0.2, 0.25) is 5.65 Å². The molecule has 0 aliphatic heterocycles. The molecule has 0 bridgehead atoms. The minimum atomic E-state index is -3.37. The van der Waals surface area contributed by atoms with Crippen LogP contribution in [-0.4, -0.2) is 44.4 Å². The number of aromatic nitrogens is 4. The first-order chi connectivity index (χ1) is 9.84. The van der Waals surface area contributed by atoms with E-state index in [4.69, 9.17) is 9.05 Å². The molecule has 0 saturated heterocycles. The van der Waals surface area contributed by atoms with Crippen LogP contribution in [0.2, 0.25) is 0 Å². The van der Waals surface area contributed by atoms with Crippen LogP contribution >= 0.6 is 7.60 Å². The van der Waals surface area contributed by atoms with Crippen molar-refractivity contribution >= 4 is 18.8 Å². The number of fused-ring (bicyclic) bond motifs is 1. The van der Waals surface area contributed by atoms with Crippen LogP contribution in [0.1, 0.15) is 0 Å². The maximum absolute atomic E-state index is 12.3. The molecular formula is C10H15N4O6P. The largest absolute Gasteiger partial charge is 0.422 e. The Morgan fingerprint density at radius 2 is 1.95 bits per heavy atom. The summed E-state index contributed by atoms with van der Waals surface area (Å²) >= 11 is 0. The highest BCUT2D eigenvalue weighted by molar-refractivity contribution is 7.53. The molecule has 0 aliphatic carbocycles. The fraction of sp³-hybridized carbons (Fsp3) is 0.500. The van der Waals surface area contributed by atoms with E-state index in [1.165, 1.54) is 25.1 Å². The summed E-state index contributed by atoms with van der Waals surface area (Å²) < 4.78 is 23.9. The fourth-order valence-electron chi connectivity index (χ4n) is 1.92. The lowest BCUT2D eigenvalue weighted by molar-refractivity contribution is 0.175. The average Bonchev–Trinajstić information content (AvgIpc) is 2.86. The molecule has 1 N–H and O–H groups in total. The van der Waals surface area contributed by atoms with Crippen molar-refractivity contribution in [2.24, 2.45) is 7.05 Å². The molecule has 0 aliphatic rings. The van der Waals surface area contributed by atoms with E-state index in [-0.39, 0.29) is 28.6 Å². The van der Waals surface area contributed by atoms with Gasteiger partial charge in [-0.1, -0.05) is 0 Å². The Bertz CT molecular complexity index is 826. The third-order valence-corrected chi connectivity index (χ3v) is 4.99.